The lowest BCUT2D eigenvalue weighted by molar-refractivity contribution is 1.11. The van der Waals surface area contributed by atoms with Gasteiger partial charge in [-0.1, -0.05) is 0 Å². The van der Waals surface area contributed by atoms with E-state index >= 15 is 0 Å². The molecule has 0 saturated carbocycles. The summed E-state index contributed by atoms with van der Waals surface area (Å²) in [6.45, 7) is 0. The van der Waals surface area contributed by atoms with Gasteiger partial charge in [-0.3, -0.25) is 0 Å². The lowest BCUT2D eigenvalue weighted by Gasteiger charge is -2.05. The Morgan fingerprint density at radius 3 is 2.61 bits per heavy atom. The number of rotatable bonds is 2. The molecule has 0 saturated heterocycles. The lowest BCUT2D eigenvalue weighted by atomic mass is 10.1. The van der Waals surface area contributed by atoms with E-state index in [1.54, 1.807) is 30.9 Å². The van der Waals surface area contributed by atoms with E-state index in [0.717, 1.165) is 16.8 Å². The van der Waals surface area contributed by atoms with Crippen LogP contribution < -0.4 is 0 Å². The van der Waals surface area contributed by atoms with E-state index in [4.69, 9.17) is 0 Å². The second kappa shape index (κ2) is 4.62. The van der Waals surface area contributed by atoms with Crippen LogP contribution in [0.5, 0.6) is 0 Å². The van der Waals surface area contributed by atoms with E-state index in [1.807, 2.05) is 0 Å². The van der Waals surface area contributed by atoms with Crippen LogP contribution in [-0.2, 0) is 0 Å². The second-order valence-corrected chi connectivity index (χ2v) is 3.45. The number of nitrogens with zero attached hydrogens (tertiary/aromatic N) is 6. The van der Waals surface area contributed by atoms with Gasteiger partial charge in [0.2, 0.25) is 0 Å². The molecule has 0 aliphatic carbocycles. The molecule has 0 N–H and O–H groups in total. The van der Waals surface area contributed by atoms with Crippen molar-refractivity contribution in [1.82, 2.24) is 29.9 Å². The van der Waals surface area contributed by atoms with Crippen molar-refractivity contribution >= 4 is 0 Å². The van der Waals surface area contributed by atoms with Crippen molar-refractivity contribution in [2.24, 2.45) is 0 Å². The Labute approximate surface area is 103 Å². The first kappa shape index (κ1) is 10.4. The molecule has 0 unspecified atom stereocenters. The number of hydrogen-bond acceptors (Lipinski definition) is 6. The minimum absolute atomic E-state index is 0.698. The van der Waals surface area contributed by atoms with Gasteiger partial charge in [0.1, 0.15) is 12.7 Å². The van der Waals surface area contributed by atoms with Crippen molar-refractivity contribution in [2.75, 3.05) is 0 Å². The van der Waals surface area contributed by atoms with Gasteiger partial charge in [-0.15, -0.1) is 0 Å². The first-order valence-electron chi connectivity index (χ1n) is 5.20. The van der Waals surface area contributed by atoms with Gasteiger partial charge in [-0.05, 0) is 6.07 Å². The molecule has 18 heavy (non-hydrogen) atoms. The van der Waals surface area contributed by atoms with Crippen LogP contribution in [0.1, 0.15) is 0 Å². The Morgan fingerprint density at radius 2 is 1.83 bits per heavy atom. The Hall–Kier alpha value is -2.76. The monoisotopic (exact) mass is 235 g/mol. The normalized spacial score (nSPS) is 10.2. The molecule has 0 fully saturated rings. The molecule has 6 heteroatoms. The molecule has 6 nitrogen and oxygen atoms in total. The van der Waals surface area contributed by atoms with E-state index in [2.05, 4.69) is 36.2 Å². The summed E-state index contributed by atoms with van der Waals surface area (Å²) in [6.07, 6.45) is 12.2. The SMILES string of the molecule is [c]1ncc(-c2ccncn2)c(-c2cncnc2)n1. The van der Waals surface area contributed by atoms with Gasteiger partial charge >= 0.3 is 0 Å². The number of hydrogen-bond donors (Lipinski definition) is 0. The van der Waals surface area contributed by atoms with Crippen LogP contribution in [0.2, 0.25) is 0 Å². The molecule has 3 rings (SSSR count). The van der Waals surface area contributed by atoms with E-state index in [0.29, 0.717) is 5.69 Å². The third-order valence-electron chi connectivity index (χ3n) is 2.36. The third kappa shape index (κ3) is 1.91. The van der Waals surface area contributed by atoms with Crippen molar-refractivity contribution in [3.05, 3.63) is 49.8 Å². The van der Waals surface area contributed by atoms with Crippen molar-refractivity contribution in [3.63, 3.8) is 0 Å². The summed E-state index contributed by atoms with van der Waals surface area (Å²) < 4.78 is 0. The predicted molar refractivity (Wildman–Crippen MR) is 62.9 cm³/mol. The lowest BCUT2D eigenvalue weighted by Crippen LogP contribution is -1.94. The zero-order valence-electron chi connectivity index (χ0n) is 9.22. The molecule has 0 spiro atoms. The summed E-state index contributed by atoms with van der Waals surface area (Å²) in [5, 5.41) is 0. The average molecular weight is 235 g/mol. The van der Waals surface area contributed by atoms with E-state index in [1.165, 1.54) is 12.7 Å². The molecular weight excluding hydrogens is 228 g/mol. The van der Waals surface area contributed by atoms with Gasteiger partial charge in [0.25, 0.3) is 0 Å². The van der Waals surface area contributed by atoms with Gasteiger partial charge in [-0.25, -0.2) is 29.9 Å². The fraction of sp³-hybridized carbons (Fsp3) is 0. The highest BCUT2D eigenvalue weighted by Gasteiger charge is 2.10. The Balaban J connectivity index is 2.18. The van der Waals surface area contributed by atoms with Crippen LogP contribution in [0.4, 0.5) is 0 Å². The summed E-state index contributed by atoms with van der Waals surface area (Å²) in [5.41, 5.74) is 3.04. The van der Waals surface area contributed by atoms with Crippen LogP contribution in [0.3, 0.4) is 0 Å². The summed E-state index contributed by atoms with van der Waals surface area (Å²) in [5.74, 6) is 0. The third-order valence-corrected chi connectivity index (χ3v) is 2.36. The van der Waals surface area contributed by atoms with E-state index < -0.39 is 0 Å². The van der Waals surface area contributed by atoms with Gasteiger partial charge in [-0.2, -0.15) is 0 Å². The van der Waals surface area contributed by atoms with Gasteiger partial charge in [0, 0.05) is 35.9 Å². The van der Waals surface area contributed by atoms with Crippen LogP contribution in [0.15, 0.2) is 43.5 Å². The zero-order valence-corrected chi connectivity index (χ0v) is 9.22. The van der Waals surface area contributed by atoms with Crippen molar-refractivity contribution in [2.45, 2.75) is 0 Å². The van der Waals surface area contributed by atoms with Crippen LogP contribution in [0, 0.1) is 6.33 Å². The second-order valence-electron chi connectivity index (χ2n) is 3.45. The average Bonchev–Trinajstić information content (AvgIpc) is 2.49. The summed E-state index contributed by atoms with van der Waals surface area (Å²) in [7, 11) is 0. The Morgan fingerprint density at radius 1 is 0.944 bits per heavy atom. The fourth-order valence-corrected chi connectivity index (χ4v) is 1.57. The highest BCUT2D eigenvalue weighted by molar-refractivity contribution is 5.76. The molecule has 0 aliphatic rings. The van der Waals surface area contributed by atoms with Crippen LogP contribution in [-0.4, -0.2) is 29.9 Å². The number of aromatic nitrogens is 6. The van der Waals surface area contributed by atoms with Crippen molar-refractivity contribution < 1.29 is 0 Å². The predicted octanol–water partition coefficient (Wildman–Crippen LogP) is 1.19. The fourth-order valence-electron chi connectivity index (χ4n) is 1.57. The molecule has 85 valence electrons. The molecule has 3 aromatic heterocycles. The minimum atomic E-state index is 0.698. The smallest absolute Gasteiger partial charge is 0.198 e. The van der Waals surface area contributed by atoms with Crippen molar-refractivity contribution in [1.29, 1.82) is 0 Å². The quantitative estimate of drug-likeness (QED) is 0.664. The first-order valence-corrected chi connectivity index (χ1v) is 5.20. The molecule has 3 heterocycles. The molecule has 0 amide bonds. The topological polar surface area (TPSA) is 77.3 Å². The molecule has 0 atom stereocenters. The van der Waals surface area contributed by atoms with Gasteiger partial charge in [0.15, 0.2) is 6.33 Å². The highest BCUT2D eigenvalue weighted by Crippen LogP contribution is 2.26. The molecule has 3 aromatic rings. The van der Waals surface area contributed by atoms with E-state index in [-0.39, 0.29) is 0 Å². The summed E-state index contributed by atoms with van der Waals surface area (Å²) >= 11 is 0. The van der Waals surface area contributed by atoms with Gasteiger partial charge in [0.05, 0.1) is 11.4 Å². The molecule has 0 aromatic carbocycles. The molecule has 0 aliphatic heterocycles. The molecular formula is C12H7N6. The maximum absolute atomic E-state index is 4.19. The summed E-state index contributed by atoms with van der Waals surface area (Å²) in [4.78, 5) is 24.1. The Kier molecular flexibility index (Phi) is 2.67. The molecule has 0 bridgehead atoms. The minimum Gasteiger partial charge on any atom is -0.245 e. The van der Waals surface area contributed by atoms with Gasteiger partial charge < -0.3 is 0 Å². The Bertz CT molecular complexity index is 582. The van der Waals surface area contributed by atoms with Crippen molar-refractivity contribution in [3.8, 4) is 22.5 Å². The highest BCUT2D eigenvalue weighted by atomic mass is 14.9. The zero-order chi connectivity index (χ0) is 12.2. The summed E-state index contributed by atoms with van der Waals surface area (Å²) in [6, 6.07) is 1.80. The maximum atomic E-state index is 4.19. The first-order chi connectivity index (χ1) is 8.95. The van der Waals surface area contributed by atoms with Crippen LogP contribution in [0.25, 0.3) is 22.5 Å². The van der Waals surface area contributed by atoms with Crippen LogP contribution >= 0.6 is 0 Å². The standard InChI is InChI=1S/C12H7N6/c1-2-13-7-17-11(1)10-5-16-8-18-12(10)9-3-14-6-15-4-9/h1-7H. The molecule has 1 radical (unpaired) electrons. The largest absolute Gasteiger partial charge is 0.245 e. The van der Waals surface area contributed by atoms with E-state index in [9.17, 15) is 0 Å². The maximum Gasteiger partial charge on any atom is 0.198 e.